The predicted molar refractivity (Wildman–Crippen MR) is 77.9 cm³/mol. The van der Waals surface area contributed by atoms with Gasteiger partial charge < -0.3 is 15.2 Å². The van der Waals surface area contributed by atoms with Gasteiger partial charge in [0.1, 0.15) is 0 Å². The van der Waals surface area contributed by atoms with E-state index in [0.717, 1.165) is 26.2 Å². The first-order valence-electron chi connectivity index (χ1n) is 5.47. The van der Waals surface area contributed by atoms with Gasteiger partial charge in [0, 0.05) is 43.3 Å². The molecule has 0 saturated carbocycles. The first-order valence-corrected chi connectivity index (χ1v) is 5.47. The van der Waals surface area contributed by atoms with E-state index < -0.39 is 0 Å². The van der Waals surface area contributed by atoms with Gasteiger partial charge >= 0.3 is 0 Å². The van der Waals surface area contributed by atoms with Gasteiger partial charge in [-0.3, -0.25) is 0 Å². The Kier molecular flexibility index (Phi) is 5.12. The number of fused-ring (bicyclic) bond motifs is 1. The summed E-state index contributed by atoms with van der Waals surface area (Å²) in [6.45, 7) is 4.36. The van der Waals surface area contributed by atoms with Crippen LogP contribution in [0.25, 0.3) is 10.9 Å². The normalized spacial score (nSPS) is 15.2. The molecule has 0 amide bonds. The van der Waals surface area contributed by atoms with Crippen molar-refractivity contribution in [2.24, 2.45) is 0 Å². The minimum absolute atomic E-state index is 0. The molecule has 3 nitrogen and oxygen atoms in total. The number of nitrogens with zero attached hydrogens (tertiary/aromatic N) is 1. The Morgan fingerprint density at radius 3 is 2.47 bits per heavy atom. The standard InChI is InChI=1S/C12H15N3.2ClH/c1-2-4-11-10(3-1)12(9-14-11)15-7-5-13-6-8-15;;/h1-4,9,13-14H,5-8H2;2*1H. The van der Waals surface area contributed by atoms with Crippen molar-refractivity contribution in [1.29, 1.82) is 0 Å². The van der Waals surface area contributed by atoms with Gasteiger partial charge in [0.05, 0.1) is 5.69 Å². The SMILES string of the molecule is Cl.Cl.c1ccc2c(N3CCNCC3)c[nH]c2c1. The van der Waals surface area contributed by atoms with E-state index in [9.17, 15) is 0 Å². The van der Waals surface area contributed by atoms with Crippen molar-refractivity contribution in [2.45, 2.75) is 0 Å². The molecule has 5 heteroatoms. The first kappa shape index (κ1) is 14.2. The maximum absolute atomic E-state index is 3.37. The Morgan fingerprint density at radius 1 is 1.00 bits per heavy atom. The van der Waals surface area contributed by atoms with Crippen LogP contribution in [0.3, 0.4) is 0 Å². The predicted octanol–water partition coefficient (Wildman–Crippen LogP) is 2.42. The number of hydrogen-bond donors (Lipinski definition) is 2. The summed E-state index contributed by atoms with van der Waals surface area (Å²) in [6.07, 6.45) is 2.12. The maximum atomic E-state index is 3.37. The van der Waals surface area contributed by atoms with Gasteiger partial charge in [0.25, 0.3) is 0 Å². The van der Waals surface area contributed by atoms with Crippen molar-refractivity contribution in [2.75, 3.05) is 31.1 Å². The minimum atomic E-state index is 0. The molecule has 2 aromatic rings. The second-order valence-electron chi connectivity index (χ2n) is 3.96. The van der Waals surface area contributed by atoms with E-state index in [1.54, 1.807) is 0 Å². The number of H-pyrrole nitrogens is 1. The summed E-state index contributed by atoms with van der Waals surface area (Å²) in [5.74, 6) is 0. The monoisotopic (exact) mass is 273 g/mol. The van der Waals surface area contributed by atoms with Gasteiger partial charge in [0.2, 0.25) is 0 Å². The van der Waals surface area contributed by atoms with Crippen molar-refractivity contribution in [3.05, 3.63) is 30.5 Å². The molecule has 2 N–H and O–H groups in total. The van der Waals surface area contributed by atoms with Crippen LogP contribution in [0.4, 0.5) is 5.69 Å². The minimum Gasteiger partial charge on any atom is -0.367 e. The van der Waals surface area contributed by atoms with E-state index >= 15 is 0 Å². The van der Waals surface area contributed by atoms with Gasteiger partial charge in [-0.1, -0.05) is 18.2 Å². The molecular formula is C12H17Cl2N3. The summed E-state index contributed by atoms with van der Waals surface area (Å²) in [5.41, 5.74) is 2.57. The average molecular weight is 274 g/mol. The van der Waals surface area contributed by atoms with Crippen LogP contribution in [-0.4, -0.2) is 31.2 Å². The van der Waals surface area contributed by atoms with Crippen LogP contribution in [0, 0.1) is 0 Å². The molecule has 1 saturated heterocycles. The van der Waals surface area contributed by atoms with E-state index in [0.29, 0.717) is 0 Å². The zero-order chi connectivity index (χ0) is 10.1. The number of aromatic nitrogens is 1. The Labute approximate surface area is 113 Å². The molecule has 1 aliphatic rings. The number of anilines is 1. The molecular weight excluding hydrogens is 257 g/mol. The number of piperazine rings is 1. The number of rotatable bonds is 1. The van der Waals surface area contributed by atoms with Crippen LogP contribution in [0.5, 0.6) is 0 Å². The lowest BCUT2D eigenvalue weighted by molar-refractivity contribution is 0.590. The summed E-state index contributed by atoms with van der Waals surface area (Å²) < 4.78 is 0. The third-order valence-electron chi connectivity index (χ3n) is 3.03. The highest BCUT2D eigenvalue weighted by Gasteiger charge is 2.13. The van der Waals surface area contributed by atoms with Gasteiger partial charge in [-0.25, -0.2) is 0 Å². The van der Waals surface area contributed by atoms with Crippen molar-refractivity contribution in [1.82, 2.24) is 10.3 Å². The van der Waals surface area contributed by atoms with Crippen molar-refractivity contribution in [3.8, 4) is 0 Å². The van der Waals surface area contributed by atoms with Crippen molar-refractivity contribution >= 4 is 41.4 Å². The Balaban J connectivity index is 0.000000722. The highest BCUT2D eigenvalue weighted by Crippen LogP contribution is 2.26. The number of halogens is 2. The Hall–Kier alpha value is -0.900. The third-order valence-corrected chi connectivity index (χ3v) is 3.03. The van der Waals surface area contributed by atoms with Gasteiger partial charge in [-0.15, -0.1) is 24.8 Å². The second kappa shape index (κ2) is 6.15. The van der Waals surface area contributed by atoms with Crippen LogP contribution >= 0.6 is 24.8 Å². The smallest absolute Gasteiger partial charge is 0.0624 e. The summed E-state index contributed by atoms with van der Waals surface area (Å²) in [7, 11) is 0. The molecule has 1 aromatic heterocycles. The van der Waals surface area contributed by atoms with Crippen LogP contribution in [0.2, 0.25) is 0 Å². The number of para-hydroxylation sites is 1. The van der Waals surface area contributed by atoms with Crippen LogP contribution < -0.4 is 10.2 Å². The molecule has 1 aliphatic heterocycles. The molecule has 3 rings (SSSR count). The lowest BCUT2D eigenvalue weighted by Crippen LogP contribution is -2.43. The molecule has 0 spiro atoms. The molecule has 1 fully saturated rings. The van der Waals surface area contributed by atoms with Gasteiger partial charge in [-0.05, 0) is 6.07 Å². The quantitative estimate of drug-likeness (QED) is 0.836. The van der Waals surface area contributed by atoms with E-state index in [2.05, 4.69) is 45.7 Å². The Bertz CT molecular complexity index is 463. The first-order chi connectivity index (χ1) is 7.45. The highest BCUT2D eigenvalue weighted by molar-refractivity contribution is 5.92. The summed E-state index contributed by atoms with van der Waals surface area (Å²) >= 11 is 0. The molecule has 0 unspecified atom stereocenters. The number of benzene rings is 1. The maximum Gasteiger partial charge on any atom is 0.0624 e. The van der Waals surface area contributed by atoms with Gasteiger partial charge in [-0.2, -0.15) is 0 Å². The topological polar surface area (TPSA) is 31.1 Å². The Morgan fingerprint density at radius 2 is 1.71 bits per heavy atom. The zero-order valence-electron chi connectivity index (χ0n) is 9.48. The number of aromatic amines is 1. The number of nitrogens with one attached hydrogen (secondary N) is 2. The molecule has 0 aliphatic carbocycles. The van der Waals surface area contributed by atoms with Crippen LogP contribution in [0.1, 0.15) is 0 Å². The fourth-order valence-electron chi connectivity index (χ4n) is 2.22. The summed E-state index contributed by atoms with van der Waals surface area (Å²) in [5, 5.41) is 4.71. The molecule has 0 atom stereocenters. The second-order valence-corrected chi connectivity index (χ2v) is 3.96. The van der Waals surface area contributed by atoms with Crippen molar-refractivity contribution in [3.63, 3.8) is 0 Å². The average Bonchev–Trinajstić information content (AvgIpc) is 2.74. The molecule has 94 valence electrons. The van der Waals surface area contributed by atoms with E-state index in [4.69, 9.17) is 0 Å². The molecule has 1 aromatic carbocycles. The molecule has 0 radical (unpaired) electrons. The van der Waals surface area contributed by atoms with Crippen LogP contribution in [0.15, 0.2) is 30.5 Å². The molecule has 0 bridgehead atoms. The lowest BCUT2D eigenvalue weighted by atomic mass is 10.2. The molecule has 17 heavy (non-hydrogen) atoms. The van der Waals surface area contributed by atoms with Gasteiger partial charge in [0.15, 0.2) is 0 Å². The van der Waals surface area contributed by atoms with Crippen molar-refractivity contribution < 1.29 is 0 Å². The van der Waals surface area contributed by atoms with E-state index in [1.807, 2.05) is 0 Å². The fraction of sp³-hybridized carbons (Fsp3) is 0.333. The zero-order valence-corrected chi connectivity index (χ0v) is 11.1. The van der Waals surface area contributed by atoms with E-state index in [-0.39, 0.29) is 24.8 Å². The van der Waals surface area contributed by atoms with Crippen LogP contribution in [-0.2, 0) is 0 Å². The third kappa shape index (κ3) is 2.68. The number of hydrogen-bond acceptors (Lipinski definition) is 2. The highest BCUT2D eigenvalue weighted by atomic mass is 35.5. The lowest BCUT2D eigenvalue weighted by Gasteiger charge is -2.28. The summed E-state index contributed by atoms with van der Waals surface area (Å²) in [4.78, 5) is 5.76. The fourth-order valence-corrected chi connectivity index (χ4v) is 2.22. The molecule has 2 heterocycles. The summed E-state index contributed by atoms with van der Waals surface area (Å²) in [6, 6.07) is 8.48. The largest absolute Gasteiger partial charge is 0.367 e. The van der Waals surface area contributed by atoms with E-state index in [1.165, 1.54) is 16.6 Å².